The van der Waals surface area contributed by atoms with Crippen molar-refractivity contribution in [3.63, 3.8) is 0 Å². The molecule has 0 saturated heterocycles. The lowest BCUT2D eigenvalue weighted by molar-refractivity contribution is 1.50. The first-order valence-electron chi connectivity index (χ1n) is 5.23. The van der Waals surface area contributed by atoms with Crippen LogP contribution in [0.15, 0.2) is 42.5 Å². The molecule has 3 aromatic rings. The van der Waals surface area contributed by atoms with Crippen LogP contribution in [0.4, 0.5) is 11.4 Å². The number of hydrogen-bond donors (Lipinski definition) is 2. The molecule has 0 unspecified atom stereocenters. The predicted molar refractivity (Wildman–Crippen MR) is 73.1 cm³/mol. The van der Waals surface area contributed by atoms with Crippen LogP contribution in [0.3, 0.4) is 0 Å². The van der Waals surface area contributed by atoms with E-state index in [9.17, 15) is 0 Å². The maximum Gasteiger partial charge on any atom is 0.0730 e. The highest BCUT2D eigenvalue weighted by Gasteiger charge is 2.01. The summed E-state index contributed by atoms with van der Waals surface area (Å²) in [5.41, 5.74) is 9.09. The highest BCUT2D eigenvalue weighted by atomic mass is 35.5. The molecule has 17 heavy (non-hydrogen) atoms. The third-order valence-electron chi connectivity index (χ3n) is 2.75. The van der Waals surface area contributed by atoms with E-state index in [-0.39, 0.29) is 0 Å². The summed E-state index contributed by atoms with van der Waals surface area (Å²) in [4.78, 5) is 7.15. The van der Waals surface area contributed by atoms with Crippen LogP contribution >= 0.6 is 11.8 Å². The van der Waals surface area contributed by atoms with E-state index in [1.165, 1.54) is 0 Å². The summed E-state index contributed by atoms with van der Waals surface area (Å²) < 4.78 is 0. The number of nitrogens with two attached hydrogens (primary N) is 1. The summed E-state index contributed by atoms with van der Waals surface area (Å²) in [6.45, 7) is 0. The van der Waals surface area contributed by atoms with E-state index in [0.29, 0.717) is 0 Å². The van der Waals surface area contributed by atoms with Gasteiger partial charge in [-0.25, -0.2) is 4.98 Å². The van der Waals surface area contributed by atoms with E-state index in [0.717, 1.165) is 33.2 Å². The summed E-state index contributed by atoms with van der Waals surface area (Å²) in [5.74, 6) is 0. The summed E-state index contributed by atoms with van der Waals surface area (Å²) >= 11 is 5.57. The van der Waals surface area contributed by atoms with Crippen LogP contribution in [-0.4, -0.2) is 4.98 Å². The molecule has 0 aliphatic rings. The first-order valence-corrected chi connectivity index (χ1v) is 5.61. The Labute approximate surface area is 103 Å². The Kier molecular flexibility index (Phi) is 2.27. The molecule has 1 aromatic heterocycles. The maximum absolute atomic E-state index is 5.75. The van der Waals surface area contributed by atoms with Crippen LogP contribution in [0, 0.1) is 0 Å². The molecule has 3 N–H and O–H groups in total. The largest absolute Gasteiger partial charge is 0.399 e. The van der Waals surface area contributed by atoms with Crippen molar-refractivity contribution in [1.29, 1.82) is 0 Å². The van der Waals surface area contributed by atoms with Gasteiger partial charge in [0.1, 0.15) is 0 Å². The number of pyridine rings is 1. The first-order chi connectivity index (χ1) is 8.26. The minimum Gasteiger partial charge on any atom is -0.399 e. The Morgan fingerprint density at radius 3 is 2.41 bits per heavy atom. The first kappa shape index (κ1) is 10.2. The zero-order chi connectivity index (χ0) is 11.8. The van der Waals surface area contributed by atoms with Gasteiger partial charge in [-0.1, -0.05) is 12.1 Å². The van der Waals surface area contributed by atoms with Gasteiger partial charge in [-0.2, -0.15) is 0 Å². The zero-order valence-electron chi connectivity index (χ0n) is 8.94. The molecule has 0 radical (unpaired) electrons. The third kappa shape index (κ3) is 1.74. The number of hydrogen-bond acceptors (Lipinski definition) is 3. The van der Waals surface area contributed by atoms with Gasteiger partial charge in [0.15, 0.2) is 0 Å². The van der Waals surface area contributed by atoms with Gasteiger partial charge in [-0.3, -0.25) is 4.84 Å². The molecule has 0 amide bonds. The minimum absolute atomic E-state index is 0.718. The number of halogens is 1. The Morgan fingerprint density at radius 1 is 0.941 bits per heavy atom. The van der Waals surface area contributed by atoms with E-state index in [1.807, 2.05) is 36.4 Å². The summed E-state index contributed by atoms with van der Waals surface area (Å²) in [6, 6.07) is 13.6. The van der Waals surface area contributed by atoms with Crippen molar-refractivity contribution in [1.82, 2.24) is 4.98 Å². The molecule has 84 valence electrons. The molecule has 1 heterocycles. The van der Waals surface area contributed by atoms with Gasteiger partial charge >= 0.3 is 0 Å². The Balaban J connectivity index is 2.36. The van der Waals surface area contributed by atoms with Gasteiger partial charge < -0.3 is 5.73 Å². The molecule has 2 aromatic carbocycles. The van der Waals surface area contributed by atoms with Crippen LogP contribution in [0.25, 0.3) is 21.8 Å². The number of fused-ring (bicyclic) bond motifs is 2. The highest BCUT2D eigenvalue weighted by molar-refractivity contribution is 6.24. The molecule has 3 nitrogen and oxygen atoms in total. The van der Waals surface area contributed by atoms with Gasteiger partial charge in [0.2, 0.25) is 0 Å². The molecular formula is C13H10ClN3. The standard InChI is InChI=1S/C13H10ClN3/c14-17-11-4-2-9-5-8-1-3-10(15)6-12(8)16-13(9)7-11/h1-7,17H,15H2. The lowest BCUT2D eigenvalue weighted by Crippen LogP contribution is -1.88. The van der Waals surface area contributed by atoms with Crippen LogP contribution in [0.1, 0.15) is 0 Å². The lowest BCUT2D eigenvalue weighted by atomic mass is 10.1. The smallest absolute Gasteiger partial charge is 0.0730 e. The van der Waals surface area contributed by atoms with Gasteiger partial charge in [-0.15, -0.1) is 0 Å². The molecule has 0 aliphatic carbocycles. The second kappa shape index (κ2) is 3.79. The summed E-state index contributed by atoms with van der Waals surface area (Å²) in [7, 11) is 0. The fourth-order valence-electron chi connectivity index (χ4n) is 1.90. The van der Waals surface area contributed by atoms with Crippen molar-refractivity contribution >= 4 is 45.0 Å². The van der Waals surface area contributed by atoms with Crippen molar-refractivity contribution < 1.29 is 0 Å². The quantitative estimate of drug-likeness (QED) is 0.391. The minimum atomic E-state index is 0.718. The number of aromatic nitrogens is 1. The van der Waals surface area contributed by atoms with E-state index in [1.54, 1.807) is 0 Å². The average Bonchev–Trinajstić information content (AvgIpc) is 2.35. The number of nitrogen functional groups attached to an aromatic ring is 1. The van der Waals surface area contributed by atoms with Crippen molar-refractivity contribution in [2.45, 2.75) is 0 Å². The maximum atomic E-state index is 5.75. The van der Waals surface area contributed by atoms with Gasteiger partial charge in [0.05, 0.1) is 16.7 Å². The third-order valence-corrected chi connectivity index (χ3v) is 2.96. The van der Waals surface area contributed by atoms with E-state index in [4.69, 9.17) is 17.5 Å². The molecular weight excluding hydrogens is 234 g/mol. The summed E-state index contributed by atoms with van der Waals surface area (Å²) in [6.07, 6.45) is 0. The predicted octanol–water partition coefficient (Wildman–Crippen LogP) is 3.54. The number of benzene rings is 2. The zero-order valence-corrected chi connectivity index (χ0v) is 9.70. The Morgan fingerprint density at radius 2 is 1.65 bits per heavy atom. The van der Waals surface area contributed by atoms with Crippen molar-refractivity contribution in [2.24, 2.45) is 0 Å². The van der Waals surface area contributed by atoms with Crippen molar-refractivity contribution in [2.75, 3.05) is 10.6 Å². The number of anilines is 2. The fraction of sp³-hybridized carbons (Fsp3) is 0. The van der Waals surface area contributed by atoms with E-state index in [2.05, 4.69) is 15.9 Å². The van der Waals surface area contributed by atoms with Crippen molar-refractivity contribution in [3.05, 3.63) is 42.5 Å². The van der Waals surface area contributed by atoms with Crippen LogP contribution in [0.5, 0.6) is 0 Å². The topological polar surface area (TPSA) is 50.9 Å². The van der Waals surface area contributed by atoms with Crippen LogP contribution < -0.4 is 10.6 Å². The highest BCUT2D eigenvalue weighted by Crippen LogP contribution is 2.23. The lowest BCUT2D eigenvalue weighted by Gasteiger charge is -2.04. The Hall–Kier alpha value is -2.00. The molecule has 3 rings (SSSR count). The fourth-order valence-corrected chi connectivity index (χ4v) is 2.02. The Bertz CT molecular complexity index is 709. The second-order valence-corrected chi connectivity index (χ2v) is 4.13. The monoisotopic (exact) mass is 243 g/mol. The molecule has 4 heteroatoms. The van der Waals surface area contributed by atoms with Gasteiger partial charge in [0, 0.05) is 28.2 Å². The number of nitrogens with zero attached hydrogens (tertiary/aromatic N) is 1. The van der Waals surface area contributed by atoms with Gasteiger partial charge in [0.25, 0.3) is 0 Å². The van der Waals surface area contributed by atoms with Crippen LogP contribution in [0.2, 0.25) is 0 Å². The number of rotatable bonds is 1. The van der Waals surface area contributed by atoms with E-state index >= 15 is 0 Å². The molecule has 0 saturated carbocycles. The molecule has 0 bridgehead atoms. The summed E-state index contributed by atoms with van der Waals surface area (Å²) in [5, 5.41) is 2.16. The molecule has 0 spiro atoms. The van der Waals surface area contributed by atoms with E-state index < -0.39 is 0 Å². The van der Waals surface area contributed by atoms with Crippen molar-refractivity contribution in [3.8, 4) is 0 Å². The molecule has 0 fully saturated rings. The SMILES string of the molecule is Nc1ccc2cc3ccc(NCl)cc3nc2c1. The van der Waals surface area contributed by atoms with Gasteiger partial charge in [-0.05, 0) is 30.3 Å². The average molecular weight is 244 g/mol. The second-order valence-electron chi connectivity index (χ2n) is 3.94. The number of nitrogens with one attached hydrogen (secondary N) is 1. The molecule has 0 atom stereocenters. The molecule has 0 aliphatic heterocycles. The van der Waals surface area contributed by atoms with Crippen LogP contribution in [-0.2, 0) is 0 Å². The normalized spacial score (nSPS) is 10.9.